The van der Waals surface area contributed by atoms with Crippen LogP contribution in [0.1, 0.15) is 31.0 Å². The number of halogens is 1. The molecule has 4 rings (SSSR count). The molecule has 164 valence electrons. The summed E-state index contributed by atoms with van der Waals surface area (Å²) in [6.45, 7) is 3.75. The lowest BCUT2D eigenvalue weighted by molar-refractivity contribution is -0.138. The summed E-state index contributed by atoms with van der Waals surface area (Å²) in [6.07, 6.45) is 1.83. The first-order valence-corrected chi connectivity index (χ1v) is 11.6. The van der Waals surface area contributed by atoms with Crippen LogP contribution in [-0.2, 0) is 9.53 Å². The molecule has 0 aliphatic carbocycles. The van der Waals surface area contributed by atoms with Crippen molar-refractivity contribution in [2.45, 2.75) is 19.9 Å². The highest BCUT2D eigenvalue weighted by atomic mass is 79.9. The van der Waals surface area contributed by atoms with Crippen molar-refractivity contribution >= 4 is 45.0 Å². The standard InChI is InChI=1S/C24H21BrN2O4S/c1-4-31-23(29)20-14(2)27-22(28)19(13-15-6-5-7-17(25)12-15)32-24(27)26-21(20)16-8-10-18(30-3)11-9-16/h5-13,21H,4H2,1-3H3/b19-13-/t21-/m1/s1. The van der Waals surface area contributed by atoms with Gasteiger partial charge in [-0.1, -0.05) is 51.5 Å². The van der Waals surface area contributed by atoms with Crippen LogP contribution in [0.15, 0.2) is 68.4 Å². The van der Waals surface area contributed by atoms with Crippen LogP contribution in [0.3, 0.4) is 0 Å². The Balaban J connectivity index is 1.93. The summed E-state index contributed by atoms with van der Waals surface area (Å²) in [7, 11) is 1.60. The van der Waals surface area contributed by atoms with Crippen LogP contribution >= 0.6 is 27.3 Å². The number of benzene rings is 2. The van der Waals surface area contributed by atoms with Gasteiger partial charge in [0, 0.05) is 10.2 Å². The van der Waals surface area contributed by atoms with Gasteiger partial charge in [-0.05, 0) is 55.3 Å². The van der Waals surface area contributed by atoms with Gasteiger partial charge < -0.3 is 9.47 Å². The molecule has 0 N–H and O–H groups in total. The van der Waals surface area contributed by atoms with Crippen LogP contribution in [-0.4, -0.2) is 24.3 Å². The number of methoxy groups -OCH3 is 1. The Morgan fingerprint density at radius 1 is 1.25 bits per heavy atom. The molecule has 1 aliphatic heterocycles. The lowest BCUT2D eigenvalue weighted by Crippen LogP contribution is -2.35. The van der Waals surface area contributed by atoms with E-state index in [0.717, 1.165) is 15.6 Å². The molecule has 1 aliphatic rings. The molecule has 1 atom stereocenters. The number of esters is 1. The molecule has 1 aromatic heterocycles. The largest absolute Gasteiger partial charge is 0.497 e. The number of hydrogen-bond acceptors (Lipinski definition) is 6. The monoisotopic (exact) mass is 512 g/mol. The van der Waals surface area contributed by atoms with Crippen LogP contribution < -0.4 is 19.6 Å². The normalized spacial score (nSPS) is 15.9. The third kappa shape index (κ3) is 4.20. The molecule has 0 fully saturated rings. The number of fused-ring (bicyclic) bond motifs is 1. The maximum Gasteiger partial charge on any atom is 0.338 e. The van der Waals surface area contributed by atoms with Gasteiger partial charge in [-0.15, -0.1) is 0 Å². The van der Waals surface area contributed by atoms with Crippen LogP contribution in [0, 0.1) is 0 Å². The van der Waals surface area contributed by atoms with Crippen molar-refractivity contribution in [1.82, 2.24) is 4.57 Å². The Morgan fingerprint density at radius 2 is 2.00 bits per heavy atom. The zero-order chi connectivity index (χ0) is 22.8. The average molecular weight is 513 g/mol. The predicted octanol–water partition coefficient (Wildman–Crippen LogP) is 3.68. The Hall–Kier alpha value is -2.97. The van der Waals surface area contributed by atoms with E-state index in [1.165, 1.54) is 15.9 Å². The van der Waals surface area contributed by atoms with Crippen LogP contribution in [0.2, 0.25) is 0 Å². The Morgan fingerprint density at radius 3 is 2.66 bits per heavy atom. The zero-order valence-corrected chi connectivity index (χ0v) is 20.2. The molecule has 8 heteroatoms. The summed E-state index contributed by atoms with van der Waals surface area (Å²) in [5.74, 6) is 0.234. The molecule has 32 heavy (non-hydrogen) atoms. The Bertz CT molecular complexity index is 1390. The van der Waals surface area contributed by atoms with Gasteiger partial charge in [0.15, 0.2) is 4.80 Å². The van der Waals surface area contributed by atoms with Crippen LogP contribution in [0.25, 0.3) is 11.8 Å². The van der Waals surface area contributed by atoms with Crippen molar-refractivity contribution in [3.05, 3.63) is 89.4 Å². The number of ether oxygens (including phenoxy) is 2. The second kappa shape index (κ2) is 9.26. The van der Waals surface area contributed by atoms with E-state index in [-0.39, 0.29) is 12.2 Å². The molecule has 0 saturated heterocycles. The van der Waals surface area contributed by atoms with Gasteiger partial charge in [-0.2, -0.15) is 0 Å². The van der Waals surface area contributed by atoms with Crippen molar-refractivity contribution in [2.75, 3.05) is 13.7 Å². The average Bonchev–Trinajstić information content (AvgIpc) is 3.09. The van der Waals surface area contributed by atoms with Gasteiger partial charge in [-0.25, -0.2) is 9.79 Å². The second-order valence-electron chi connectivity index (χ2n) is 7.11. The number of aromatic nitrogens is 1. The van der Waals surface area contributed by atoms with Gasteiger partial charge in [0.05, 0.1) is 23.8 Å². The van der Waals surface area contributed by atoms with E-state index in [9.17, 15) is 9.59 Å². The highest BCUT2D eigenvalue weighted by Gasteiger charge is 2.31. The highest BCUT2D eigenvalue weighted by Crippen LogP contribution is 2.33. The van der Waals surface area contributed by atoms with E-state index in [1.807, 2.05) is 54.6 Å². The number of thiazole rings is 1. The molecule has 0 saturated carbocycles. The topological polar surface area (TPSA) is 69.9 Å². The minimum Gasteiger partial charge on any atom is -0.497 e. The molecule has 0 amide bonds. The second-order valence-corrected chi connectivity index (χ2v) is 9.04. The molecule has 0 spiro atoms. The summed E-state index contributed by atoms with van der Waals surface area (Å²) in [6, 6.07) is 14.5. The SMILES string of the molecule is CCOC(=O)C1=C(C)n2c(s/c(=C\c3cccc(Br)c3)c2=O)=N[C@@H]1c1ccc(OC)cc1. The number of hydrogen-bond donors (Lipinski definition) is 0. The lowest BCUT2D eigenvalue weighted by atomic mass is 9.96. The van der Waals surface area contributed by atoms with Gasteiger partial charge >= 0.3 is 5.97 Å². The molecule has 0 radical (unpaired) electrons. The summed E-state index contributed by atoms with van der Waals surface area (Å²) >= 11 is 4.76. The fraction of sp³-hybridized carbons (Fsp3) is 0.208. The first-order valence-electron chi connectivity index (χ1n) is 10.0. The quantitative estimate of drug-likeness (QED) is 0.489. The van der Waals surface area contributed by atoms with Crippen molar-refractivity contribution in [2.24, 2.45) is 4.99 Å². The fourth-order valence-electron chi connectivity index (χ4n) is 3.59. The summed E-state index contributed by atoms with van der Waals surface area (Å²) in [5.41, 5.74) is 2.40. The minimum absolute atomic E-state index is 0.207. The number of carbonyl (C=O) groups is 1. The van der Waals surface area contributed by atoms with Gasteiger partial charge in [0.1, 0.15) is 11.8 Å². The first-order chi connectivity index (χ1) is 15.4. The van der Waals surface area contributed by atoms with E-state index in [1.54, 1.807) is 21.0 Å². The Kier molecular flexibility index (Phi) is 6.43. The third-order valence-electron chi connectivity index (χ3n) is 5.12. The van der Waals surface area contributed by atoms with Crippen molar-refractivity contribution in [3.63, 3.8) is 0 Å². The molecule has 6 nitrogen and oxygen atoms in total. The lowest BCUT2D eigenvalue weighted by Gasteiger charge is -2.22. The van der Waals surface area contributed by atoms with E-state index in [4.69, 9.17) is 14.5 Å². The molecule has 2 heterocycles. The van der Waals surface area contributed by atoms with Gasteiger partial charge in [-0.3, -0.25) is 9.36 Å². The van der Waals surface area contributed by atoms with E-state index >= 15 is 0 Å². The van der Waals surface area contributed by atoms with Crippen molar-refractivity contribution in [1.29, 1.82) is 0 Å². The first kappa shape index (κ1) is 22.2. The maximum atomic E-state index is 13.2. The molecular formula is C24H21BrN2O4S. The predicted molar refractivity (Wildman–Crippen MR) is 128 cm³/mol. The summed E-state index contributed by atoms with van der Waals surface area (Å²) in [5, 5.41) is 0. The number of rotatable bonds is 5. The highest BCUT2D eigenvalue weighted by molar-refractivity contribution is 9.10. The smallest absolute Gasteiger partial charge is 0.338 e. The van der Waals surface area contributed by atoms with Gasteiger partial charge in [0.2, 0.25) is 0 Å². The van der Waals surface area contributed by atoms with E-state index in [0.29, 0.717) is 26.4 Å². The molecule has 2 aromatic carbocycles. The number of allylic oxidation sites excluding steroid dienone is 1. The molecular weight excluding hydrogens is 492 g/mol. The van der Waals surface area contributed by atoms with E-state index in [2.05, 4.69) is 15.9 Å². The Labute approximate surface area is 197 Å². The summed E-state index contributed by atoms with van der Waals surface area (Å²) in [4.78, 5) is 31.5. The van der Waals surface area contributed by atoms with Gasteiger partial charge in [0.25, 0.3) is 5.56 Å². The minimum atomic E-state index is -0.572. The van der Waals surface area contributed by atoms with Crippen LogP contribution in [0.4, 0.5) is 0 Å². The van der Waals surface area contributed by atoms with E-state index < -0.39 is 12.0 Å². The molecule has 0 unspecified atom stereocenters. The van der Waals surface area contributed by atoms with Crippen molar-refractivity contribution < 1.29 is 14.3 Å². The fourth-order valence-corrected chi connectivity index (χ4v) is 5.05. The van der Waals surface area contributed by atoms with Crippen LogP contribution in [0.5, 0.6) is 5.75 Å². The number of carbonyl (C=O) groups excluding carboxylic acids is 1. The molecule has 3 aromatic rings. The van der Waals surface area contributed by atoms with Crippen molar-refractivity contribution in [3.8, 4) is 5.75 Å². The third-order valence-corrected chi connectivity index (χ3v) is 6.59. The molecule has 0 bridgehead atoms. The summed E-state index contributed by atoms with van der Waals surface area (Å²) < 4.78 is 13.5. The maximum absolute atomic E-state index is 13.2. The zero-order valence-electron chi connectivity index (χ0n) is 17.8. The number of nitrogens with zero attached hydrogens (tertiary/aromatic N) is 2.